The predicted molar refractivity (Wildman–Crippen MR) is 123 cm³/mol. The van der Waals surface area contributed by atoms with Crippen LogP contribution in [0.25, 0.3) is 30.6 Å². The molecule has 4 aromatic rings. The van der Waals surface area contributed by atoms with Gasteiger partial charge in [-0.3, -0.25) is 10.4 Å². The number of hydrogen-bond donors (Lipinski definition) is 2. The number of thiophene rings is 2. The number of hydrogen-bond acceptors (Lipinski definition) is 7. The highest BCUT2D eigenvalue weighted by atomic mass is 32.1. The van der Waals surface area contributed by atoms with Crippen LogP contribution in [0.3, 0.4) is 0 Å². The number of aryl methyl sites for hydroxylation is 1. The molecule has 4 rings (SSSR count). The normalized spacial score (nSPS) is 12.5. The van der Waals surface area contributed by atoms with E-state index in [9.17, 15) is 13.2 Å². The number of fused-ring (bicyclic) bond motifs is 2. The van der Waals surface area contributed by atoms with Crippen LogP contribution < -0.4 is 15.2 Å². The zero-order valence-electron chi connectivity index (χ0n) is 17.3. The van der Waals surface area contributed by atoms with Crippen molar-refractivity contribution < 1.29 is 22.6 Å². The molecule has 0 saturated heterocycles. The number of nitrogens with one attached hydrogen (secondary N) is 1. The van der Waals surface area contributed by atoms with Gasteiger partial charge >= 0.3 is 6.18 Å². The zero-order valence-corrected chi connectivity index (χ0v) is 18.9. The van der Waals surface area contributed by atoms with Crippen LogP contribution in [0.15, 0.2) is 42.2 Å². The number of allylic oxidation sites excluding steroid dienone is 2. The molecule has 0 aliphatic carbocycles. The Labute approximate surface area is 189 Å². The molecule has 0 radical (unpaired) electrons. The average molecular weight is 478 g/mol. The molecule has 0 bridgehead atoms. The van der Waals surface area contributed by atoms with E-state index in [0.717, 1.165) is 41.4 Å². The van der Waals surface area contributed by atoms with Gasteiger partial charge in [-0.15, -0.1) is 22.7 Å². The second-order valence-corrected chi connectivity index (χ2v) is 9.27. The summed E-state index contributed by atoms with van der Waals surface area (Å²) in [6.45, 7) is 2.02. The van der Waals surface area contributed by atoms with E-state index in [4.69, 9.17) is 20.6 Å². The van der Waals surface area contributed by atoms with E-state index in [2.05, 4.69) is 11.1 Å². The molecule has 3 aromatic heterocycles. The summed E-state index contributed by atoms with van der Waals surface area (Å²) in [5, 5.41) is 9.83. The Morgan fingerprint density at radius 2 is 1.69 bits per heavy atom. The average Bonchev–Trinajstić information content (AvgIpc) is 3.34. The molecular weight excluding hydrogens is 459 g/mol. The molecule has 10 heteroatoms. The lowest BCUT2D eigenvalue weighted by Gasteiger charge is -2.08. The number of alkyl halides is 3. The molecule has 1 aromatic carbocycles. The first kappa shape index (κ1) is 22.1. The molecule has 0 atom stereocenters. The van der Waals surface area contributed by atoms with Crippen LogP contribution in [0.2, 0.25) is 0 Å². The maximum Gasteiger partial charge on any atom is 0.430 e. The maximum absolute atomic E-state index is 12.7. The Bertz CT molecular complexity index is 1330. The van der Waals surface area contributed by atoms with Gasteiger partial charge in [-0.25, -0.2) is 0 Å². The second kappa shape index (κ2) is 8.10. The van der Waals surface area contributed by atoms with E-state index in [0.29, 0.717) is 11.6 Å². The SMILES string of the molecule is COc1c2cc(-c3ccnc(C(=N)C=C(N)C(F)(F)F)c3)sc2c(OC)c2cc(C)sc12. The highest BCUT2D eigenvalue weighted by Gasteiger charge is 2.31. The zero-order chi connectivity index (χ0) is 23.2. The smallest absolute Gasteiger partial charge is 0.430 e. The van der Waals surface area contributed by atoms with Crippen molar-refractivity contribution >= 4 is 48.6 Å². The van der Waals surface area contributed by atoms with Gasteiger partial charge in [0.25, 0.3) is 0 Å². The molecule has 32 heavy (non-hydrogen) atoms. The predicted octanol–water partition coefficient (Wildman–Crippen LogP) is 6.28. The monoisotopic (exact) mass is 477 g/mol. The molecule has 166 valence electrons. The minimum absolute atomic E-state index is 0.0858. The second-order valence-electron chi connectivity index (χ2n) is 6.96. The highest BCUT2D eigenvalue weighted by Crippen LogP contribution is 2.50. The first-order valence-electron chi connectivity index (χ1n) is 9.31. The van der Waals surface area contributed by atoms with Gasteiger partial charge in [-0.05, 0) is 42.8 Å². The van der Waals surface area contributed by atoms with E-state index in [1.807, 2.05) is 13.0 Å². The molecule has 0 aliphatic heterocycles. The summed E-state index contributed by atoms with van der Waals surface area (Å²) >= 11 is 3.09. The van der Waals surface area contributed by atoms with E-state index in [1.54, 1.807) is 37.7 Å². The van der Waals surface area contributed by atoms with Gasteiger partial charge in [0.2, 0.25) is 0 Å². The Morgan fingerprint density at radius 1 is 1.06 bits per heavy atom. The number of aromatic nitrogens is 1. The number of benzene rings is 1. The summed E-state index contributed by atoms with van der Waals surface area (Å²) in [7, 11) is 3.24. The lowest BCUT2D eigenvalue weighted by atomic mass is 10.1. The van der Waals surface area contributed by atoms with Gasteiger partial charge in [-0.1, -0.05) is 0 Å². The van der Waals surface area contributed by atoms with Gasteiger partial charge in [0.15, 0.2) is 0 Å². The number of pyridine rings is 1. The molecule has 0 saturated carbocycles. The third-order valence-corrected chi connectivity index (χ3v) is 7.08. The van der Waals surface area contributed by atoms with Gasteiger partial charge in [0, 0.05) is 26.7 Å². The number of halogens is 3. The minimum atomic E-state index is -4.70. The molecule has 3 heterocycles. The van der Waals surface area contributed by atoms with Crippen molar-refractivity contribution in [2.24, 2.45) is 5.73 Å². The molecule has 0 aliphatic rings. The first-order valence-corrected chi connectivity index (χ1v) is 10.9. The van der Waals surface area contributed by atoms with Gasteiger partial charge in [-0.2, -0.15) is 13.2 Å². The maximum atomic E-state index is 12.7. The van der Waals surface area contributed by atoms with Crippen LogP contribution in [-0.4, -0.2) is 31.1 Å². The molecule has 3 N–H and O–H groups in total. The highest BCUT2D eigenvalue weighted by molar-refractivity contribution is 7.23. The molecule has 0 amide bonds. The molecular formula is C22H18F3N3O2S2. The van der Waals surface area contributed by atoms with Crippen molar-refractivity contribution in [3.8, 4) is 21.9 Å². The number of methoxy groups -OCH3 is 2. The third-order valence-electron chi connectivity index (χ3n) is 4.84. The van der Waals surface area contributed by atoms with E-state index < -0.39 is 17.6 Å². The standard InChI is InChI=1S/C22H18F3N3O2S2/c1-10-6-12-18(29-2)21-13(19(30-3)20(12)31-10)8-16(32-21)11-4-5-28-15(7-11)14(26)9-17(27)22(23,24)25/h4-9,26H,27H2,1-3H3. The molecule has 5 nitrogen and oxygen atoms in total. The molecule has 0 spiro atoms. The lowest BCUT2D eigenvalue weighted by Crippen LogP contribution is -2.20. The van der Waals surface area contributed by atoms with Gasteiger partial charge < -0.3 is 15.2 Å². The van der Waals surface area contributed by atoms with Crippen molar-refractivity contribution in [2.45, 2.75) is 13.1 Å². The minimum Gasteiger partial charge on any atom is -0.495 e. The largest absolute Gasteiger partial charge is 0.495 e. The van der Waals surface area contributed by atoms with E-state index in [1.165, 1.54) is 17.5 Å². The number of ether oxygens (including phenoxy) is 2. The lowest BCUT2D eigenvalue weighted by molar-refractivity contribution is -0.0925. The topological polar surface area (TPSA) is 81.2 Å². The van der Waals surface area contributed by atoms with E-state index >= 15 is 0 Å². The summed E-state index contributed by atoms with van der Waals surface area (Å²) in [6.07, 6.45) is -2.68. The van der Waals surface area contributed by atoms with Gasteiger partial charge in [0.1, 0.15) is 17.2 Å². The van der Waals surface area contributed by atoms with Gasteiger partial charge in [0.05, 0.1) is 35.0 Å². The molecule has 0 unspecified atom stereocenters. The summed E-state index contributed by atoms with van der Waals surface area (Å²) in [5.74, 6) is 1.50. The summed E-state index contributed by atoms with van der Waals surface area (Å²) < 4.78 is 51.5. The Balaban J connectivity index is 1.85. The third kappa shape index (κ3) is 3.80. The fourth-order valence-electron chi connectivity index (χ4n) is 3.41. The van der Waals surface area contributed by atoms with Crippen LogP contribution in [0.1, 0.15) is 10.6 Å². The van der Waals surface area contributed by atoms with Crippen LogP contribution in [0, 0.1) is 12.3 Å². The van der Waals surface area contributed by atoms with Crippen LogP contribution >= 0.6 is 22.7 Å². The summed E-state index contributed by atoms with van der Waals surface area (Å²) in [5.41, 5.74) is 4.07. The fourth-order valence-corrected chi connectivity index (χ4v) is 5.65. The van der Waals surface area contributed by atoms with Crippen LogP contribution in [0.4, 0.5) is 13.2 Å². The van der Waals surface area contributed by atoms with Crippen molar-refractivity contribution in [1.29, 1.82) is 5.41 Å². The van der Waals surface area contributed by atoms with Crippen molar-refractivity contribution in [2.75, 3.05) is 14.2 Å². The number of rotatable bonds is 5. The van der Waals surface area contributed by atoms with Crippen molar-refractivity contribution in [1.82, 2.24) is 4.98 Å². The van der Waals surface area contributed by atoms with Crippen molar-refractivity contribution in [3.05, 3.63) is 52.8 Å². The van der Waals surface area contributed by atoms with E-state index in [-0.39, 0.29) is 5.69 Å². The van der Waals surface area contributed by atoms with Crippen LogP contribution in [0.5, 0.6) is 11.5 Å². The van der Waals surface area contributed by atoms with Crippen LogP contribution in [-0.2, 0) is 0 Å². The summed E-state index contributed by atoms with van der Waals surface area (Å²) in [4.78, 5) is 6.01. The Morgan fingerprint density at radius 3 is 2.31 bits per heavy atom. The Kier molecular flexibility index (Phi) is 5.59. The quantitative estimate of drug-likeness (QED) is 0.332. The number of nitrogens with zero attached hydrogens (tertiary/aromatic N) is 1. The van der Waals surface area contributed by atoms with Crippen molar-refractivity contribution in [3.63, 3.8) is 0 Å². The Hall–Kier alpha value is -3.11. The summed E-state index contributed by atoms with van der Waals surface area (Å²) in [6, 6.07) is 7.32. The fraction of sp³-hybridized carbons (Fsp3) is 0.182. The molecule has 0 fully saturated rings. The first-order chi connectivity index (χ1) is 15.1. The number of nitrogens with two attached hydrogens (primary N) is 1.